The smallest absolute Gasteiger partial charge is 0.410 e. The molecule has 0 spiro atoms. The topological polar surface area (TPSA) is 89.5 Å². The first-order valence-electron chi connectivity index (χ1n) is 11.8. The van der Waals surface area contributed by atoms with Gasteiger partial charge in [-0.2, -0.15) is 0 Å². The third kappa shape index (κ3) is 11.0. The lowest BCUT2D eigenvalue weighted by atomic mass is 10.2. The summed E-state index contributed by atoms with van der Waals surface area (Å²) in [6.45, 7) is 16.0. The minimum atomic E-state index is -0.447. The van der Waals surface area contributed by atoms with Crippen molar-refractivity contribution in [3.8, 4) is 0 Å². The van der Waals surface area contributed by atoms with Gasteiger partial charge in [-0.3, -0.25) is 14.7 Å². The molecule has 186 valence electrons. The molecular weight excluding hydrogens is 523 g/mol. The van der Waals surface area contributed by atoms with Crippen LogP contribution in [0, 0.1) is 0 Å². The highest BCUT2D eigenvalue weighted by Crippen LogP contribution is 2.12. The summed E-state index contributed by atoms with van der Waals surface area (Å²) in [4.78, 5) is 34.6. The third-order valence-electron chi connectivity index (χ3n) is 5.34. The van der Waals surface area contributed by atoms with Crippen molar-refractivity contribution in [3.63, 3.8) is 0 Å². The molecule has 0 saturated carbocycles. The number of nitrogens with one attached hydrogen (secondary N) is 2. The molecule has 2 N–H and O–H groups in total. The van der Waals surface area contributed by atoms with Crippen LogP contribution in [0.25, 0.3) is 0 Å². The molecule has 0 aromatic heterocycles. The number of rotatable bonds is 9. The molecule has 2 heterocycles. The first-order chi connectivity index (χ1) is 14.8. The predicted molar refractivity (Wildman–Crippen MR) is 139 cm³/mol. The largest absolute Gasteiger partial charge is 0.444 e. The number of aliphatic imine (C=N–C) groups is 1. The van der Waals surface area contributed by atoms with Crippen molar-refractivity contribution in [2.45, 2.75) is 59.0 Å². The summed E-state index contributed by atoms with van der Waals surface area (Å²) in [5.41, 5.74) is -0.447. The van der Waals surface area contributed by atoms with Gasteiger partial charge < -0.3 is 25.2 Å². The lowest BCUT2D eigenvalue weighted by Crippen LogP contribution is -2.50. The molecule has 2 fully saturated rings. The normalized spacial score (nSPS) is 17.9. The van der Waals surface area contributed by atoms with E-state index in [0.29, 0.717) is 26.1 Å². The average Bonchev–Trinajstić information content (AvgIpc) is 3.12. The van der Waals surface area contributed by atoms with E-state index in [4.69, 9.17) is 4.74 Å². The summed E-state index contributed by atoms with van der Waals surface area (Å²) >= 11 is 0. The zero-order valence-electron chi connectivity index (χ0n) is 20.3. The molecule has 2 saturated heterocycles. The van der Waals surface area contributed by atoms with Gasteiger partial charge in [0.05, 0.1) is 0 Å². The number of hydrogen-bond donors (Lipinski definition) is 2. The highest BCUT2D eigenvalue weighted by Gasteiger charge is 2.25. The van der Waals surface area contributed by atoms with Crippen LogP contribution < -0.4 is 10.6 Å². The van der Waals surface area contributed by atoms with Gasteiger partial charge in [-0.05, 0) is 53.5 Å². The molecule has 0 atom stereocenters. The highest BCUT2D eigenvalue weighted by atomic mass is 127. The van der Waals surface area contributed by atoms with E-state index < -0.39 is 5.60 Å². The number of amides is 2. The first kappa shape index (κ1) is 28.7. The SMILES string of the molecule is CCNC(=NCCCN1CCCC1=O)NCCCN1CCN(C(=O)OC(C)(C)C)CC1.I. The fourth-order valence-corrected chi connectivity index (χ4v) is 3.72. The molecule has 2 aliphatic rings. The fourth-order valence-electron chi connectivity index (χ4n) is 3.72. The number of guanidine groups is 1. The van der Waals surface area contributed by atoms with Crippen LogP contribution in [0.2, 0.25) is 0 Å². The van der Waals surface area contributed by atoms with Gasteiger partial charge in [-0.25, -0.2) is 4.79 Å². The Morgan fingerprint density at radius 1 is 1.06 bits per heavy atom. The molecule has 0 radical (unpaired) electrons. The summed E-state index contributed by atoms with van der Waals surface area (Å²) in [6.07, 6.45) is 3.38. The maximum atomic E-state index is 12.2. The minimum absolute atomic E-state index is 0. The summed E-state index contributed by atoms with van der Waals surface area (Å²) in [7, 11) is 0. The minimum Gasteiger partial charge on any atom is -0.444 e. The number of ether oxygens (including phenoxy) is 1. The molecule has 0 aromatic carbocycles. The molecular formula is C22H43IN6O3. The van der Waals surface area contributed by atoms with E-state index in [9.17, 15) is 9.59 Å². The second kappa shape index (κ2) is 14.8. The van der Waals surface area contributed by atoms with Gasteiger partial charge in [-0.15, -0.1) is 24.0 Å². The lowest BCUT2D eigenvalue weighted by Gasteiger charge is -2.35. The second-order valence-corrected chi connectivity index (χ2v) is 9.19. The molecule has 2 aliphatic heterocycles. The Bertz CT molecular complexity index is 603. The van der Waals surface area contributed by atoms with Gasteiger partial charge in [0.25, 0.3) is 0 Å². The Kier molecular flexibility index (Phi) is 13.3. The number of hydrogen-bond acceptors (Lipinski definition) is 5. The number of piperazine rings is 1. The van der Waals surface area contributed by atoms with Crippen molar-refractivity contribution < 1.29 is 14.3 Å². The Labute approximate surface area is 210 Å². The Morgan fingerprint density at radius 2 is 1.78 bits per heavy atom. The van der Waals surface area contributed by atoms with E-state index >= 15 is 0 Å². The molecule has 0 aromatic rings. The van der Waals surface area contributed by atoms with Crippen molar-refractivity contribution in [1.82, 2.24) is 25.3 Å². The standard InChI is InChI=1S/C22H42N6O3.HI/c1-5-23-20(25-11-8-14-27-13-6-9-19(27)29)24-10-7-12-26-15-17-28(18-16-26)21(30)31-22(2,3)4;/h5-18H2,1-4H3,(H2,23,24,25);1H. The Balaban J connectivity index is 0.00000512. The number of carbonyl (C=O) groups excluding carboxylic acids is 2. The number of likely N-dealkylation sites (tertiary alicyclic amines) is 1. The molecule has 32 heavy (non-hydrogen) atoms. The maximum Gasteiger partial charge on any atom is 0.410 e. The fraction of sp³-hybridized carbons (Fsp3) is 0.864. The van der Waals surface area contributed by atoms with Gasteiger partial charge in [-0.1, -0.05) is 0 Å². The van der Waals surface area contributed by atoms with Crippen molar-refractivity contribution in [2.75, 3.05) is 65.4 Å². The van der Waals surface area contributed by atoms with E-state index in [1.165, 1.54) is 0 Å². The molecule has 0 bridgehead atoms. The quantitative estimate of drug-likeness (QED) is 0.193. The summed E-state index contributed by atoms with van der Waals surface area (Å²) < 4.78 is 5.45. The third-order valence-corrected chi connectivity index (χ3v) is 5.34. The van der Waals surface area contributed by atoms with Gasteiger partial charge >= 0.3 is 6.09 Å². The van der Waals surface area contributed by atoms with Gasteiger partial charge in [0, 0.05) is 65.3 Å². The van der Waals surface area contributed by atoms with Gasteiger partial charge in [0.15, 0.2) is 5.96 Å². The van der Waals surface area contributed by atoms with Crippen LogP contribution in [0.4, 0.5) is 4.79 Å². The predicted octanol–water partition coefficient (Wildman–Crippen LogP) is 2.11. The van der Waals surface area contributed by atoms with Crippen LogP contribution in [-0.2, 0) is 9.53 Å². The van der Waals surface area contributed by atoms with E-state index in [1.54, 1.807) is 4.90 Å². The zero-order chi connectivity index (χ0) is 22.7. The molecule has 2 amide bonds. The van der Waals surface area contributed by atoms with Crippen LogP contribution in [0.1, 0.15) is 53.4 Å². The van der Waals surface area contributed by atoms with Crippen LogP contribution in [-0.4, -0.2) is 104 Å². The van der Waals surface area contributed by atoms with Crippen molar-refractivity contribution in [2.24, 2.45) is 4.99 Å². The van der Waals surface area contributed by atoms with E-state index in [2.05, 4.69) is 27.4 Å². The molecule has 9 nitrogen and oxygen atoms in total. The van der Waals surface area contributed by atoms with Gasteiger partial charge in [0.2, 0.25) is 5.91 Å². The maximum absolute atomic E-state index is 12.2. The van der Waals surface area contributed by atoms with Crippen LogP contribution in [0.5, 0.6) is 0 Å². The van der Waals surface area contributed by atoms with Gasteiger partial charge in [0.1, 0.15) is 5.60 Å². The zero-order valence-corrected chi connectivity index (χ0v) is 22.7. The Hall–Kier alpha value is -1.30. The molecule has 10 heteroatoms. The van der Waals surface area contributed by atoms with Crippen molar-refractivity contribution >= 4 is 41.9 Å². The first-order valence-corrected chi connectivity index (χ1v) is 11.8. The molecule has 0 unspecified atom stereocenters. The van der Waals surface area contributed by atoms with Crippen LogP contribution in [0.15, 0.2) is 4.99 Å². The summed E-state index contributed by atoms with van der Waals surface area (Å²) in [5, 5.41) is 6.68. The average molecular weight is 567 g/mol. The molecule has 0 aliphatic carbocycles. The lowest BCUT2D eigenvalue weighted by molar-refractivity contribution is -0.127. The highest BCUT2D eigenvalue weighted by molar-refractivity contribution is 14.0. The summed E-state index contributed by atoms with van der Waals surface area (Å²) in [6, 6.07) is 0. The summed E-state index contributed by atoms with van der Waals surface area (Å²) in [5.74, 6) is 1.12. The van der Waals surface area contributed by atoms with E-state index in [-0.39, 0.29) is 36.0 Å². The monoisotopic (exact) mass is 566 g/mol. The van der Waals surface area contributed by atoms with Crippen LogP contribution in [0.3, 0.4) is 0 Å². The number of nitrogens with zero attached hydrogens (tertiary/aromatic N) is 4. The van der Waals surface area contributed by atoms with Crippen LogP contribution >= 0.6 is 24.0 Å². The number of halogens is 1. The number of carbonyl (C=O) groups is 2. The van der Waals surface area contributed by atoms with Crippen molar-refractivity contribution in [3.05, 3.63) is 0 Å². The van der Waals surface area contributed by atoms with E-state index in [0.717, 1.165) is 71.0 Å². The van der Waals surface area contributed by atoms with Crippen molar-refractivity contribution in [1.29, 1.82) is 0 Å². The molecule has 2 rings (SSSR count). The second-order valence-electron chi connectivity index (χ2n) is 9.19. The Morgan fingerprint density at radius 3 is 2.38 bits per heavy atom. The van der Waals surface area contributed by atoms with E-state index in [1.807, 2.05) is 25.7 Å².